The van der Waals surface area contributed by atoms with Crippen LogP contribution in [0.3, 0.4) is 0 Å². The number of carbonyl (C=O) groups excluding carboxylic acids is 1. The Hall–Kier alpha value is -3.45. The summed E-state index contributed by atoms with van der Waals surface area (Å²) in [6, 6.07) is 15.4. The molecule has 0 aliphatic carbocycles. The fourth-order valence-electron chi connectivity index (χ4n) is 3.39. The third kappa shape index (κ3) is 3.71. The molecule has 0 unspecified atom stereocenters. The topological polar surface area (TPSA) is 89.3 Å². The van der Waals surface area contributed by atoms with E-state index in [-0.39, 0.29) is 23.1 Å². The molecule has 7 heteroatoms. The molecule has 0 saturated heterocycles. The van der Waals surface area contributed by atoms with Crippen molar-refractivity contribution in [1.29, 1.82) is 0 Å². The van der Waals surface area contributed by atoms with Crippen molar-refractivity contribution in [1.82, 2.24) is 10.3 Å². The van der Waals surface area contributed by atoms with Crippen molar-refractivity contribution < 1.29 is 17.6 Å². The summed E-state index contributed by atoms with van der Waals surface area (Å²) < 4.78 is 31.6. The van der Waals surface area contributed by atoms with Gasteiger partial charge >= 0.3 is 0 Å². The number of sulfone groups is 1. The largest absolute Gasteiger partial charge is 0.449 e. The first-order chi connectivity index (χ1) is 14.4. The van der Waals surface area contributed by atoms with E-state index in [4.69, 9.17) is 4.42 Å². The quantitative estimate of drug-likeness (QED) is 0.522. The SMILES string of the molecule is Cc1cccc(C)c1S(=O)(=O)c1ccc(CNC(=O)c2cc3ccncc3o2)cc1. The molecule has 0 bridgehead atoms. The van der Waals surface area contributed by atoms with Crippen LogP contribution in [0.25, 0.3) is 11.0 Å². The van der Waals surface area contributed by atoms with Gasteiger partial charge in [-0.15, -0.1) is 0 Å². The number of hydrogen-bond donors (Lipinski definition) is 1. The number of benzene rings is 2. The summed E-state index contributed by atoms with van der Waals surface area (Å²) in [6.07, 6.45) is 3.19. The van der Waals surface area contributed by atoms with Gasteiger partial charge in [-0.05, 0) is 54.8 Å². The fraction of sp³-hybridized carbons (Fsp3) is 0.130. The number of pyridine rings is 1. The smallest absolute Gasteiger partial charge is 0.287 e. The molecule has 0 aliphatic rings. The zero-order chi connectivity index (χ0) is 21.3. The lowest BCUT2D eigenvalue weighted by Crippen LogP contribution is -2.22. The van der Waals surface area contributed by atoms with Gasteiger partial charge in [-0.3, -0.25) is 9.78 Å². The van der Waals surface area contributed by atoms with E-state index in [1.165, 1.54) is 0 Å². The van der Waals surface area contributed by atoms with Crippen LogP contribution in [0.15, 0.2) is 81.2 Å². The molecule has 152 valence electrons. The zero-order valence-electron chi connectivity index (χ0n) is 16.5. The number of amides is 1. The highest BCUT2D eigenvalue weighted by Gasteiger charge is 2.22. The second-order valence-electron chi connectivity index (χ2n) is 7.08. The minimum Gasteiger partial charge on any atom is -0.449 e. The molecule has 0 fully saturated rings. The van der Waals surface area contributed by atoms with Crippen LogP contribution in [0.5, 0.6) is 0 Å². The molecule has 30 heavy (non-hydrogen) atoms. The van der Waals surface area contributed by atoms with E-state index in [0.717, 1.165) is 10.9 Å². The first-order valence-corrected chi connectivity index (χ1v) is 10.9. The number of aromatic nitrogens is 1. The molecule has 1 N–H and O–H groups in total. The summed E-state index contributed by atoms with van der Waals surface area (Å²) in [5, 5.41) is 3.58. The number of furan rings is 1. The molecular formula is C23H20N2O4S. The number of rotatable bonds is 5. The molecule has 4 rings (SSSR count). The number of nitrogens with one attached hydrogen (secondary N) is 1. The maximum absolute atomic E-state index is 13.0. The van der Waals surface area contributed by atoms with E-state index >= 15 is 0 Å². The molecule has 2 aromatic carbocycles. The van der Waals surface area contributed by atoms with Crippen molar-refractivity contribution in [2.75, 3.05) is 0 Å². The van der Waals surface area contributed by atoms with Gasteiger partial charge in [0.15, 0.2) is 11.3 Å². The minimum absolute atomic E-state index is 0.201. The Kier molecular flexibility index (Phi) is 5.13. The van der Waals surface area contributed by atoms with E-state index in [2.05, 4.69) is 10.3 Å². The first kappa shape index (κ1) is 19.8. The van der Waals surface area contributed by atoms with Crippen LogP contribution in [0.4, 0.5) is 0 Å². The standard InChI is InChI=1S/C23H20N2O4S/c1-15-4-3-5-16(2)22(15)30(27,28)19-8-6-17(7-9-19)13-25-23(26)20-12-18-10-11-24-14-21(18)29-20/h3-12,14H,13H2,1-2H3,(H,25,26). The lowest BCUT2D eigenvalue weighted by Gasteiger charge is -2.11. The summed E-state index contributed by atoms with van der Waals surface area (Å²) in [5.41, 5.74) is 2.75. The lowest BCUT2D eigenvalue weighted by atomic mass is 10.2. The van der Waals surface area contributed by atoms with E-state index in [0.29, 0.717) is 21.6 Å². The normalized spacial score (nSPS) is 11.5. The first-order valence-electron chi connectivity index (χ1n) is 9.38. The summed E-state index contributed by atoms with van der Waals surface area (Å²) in [6.45, 7) is 3.83. The van der Waals surface area contributed by atoms with E-state index < -0.39 is 9.84 Å². The van der Waals surface area contributed by atoms with E-state index in [1.54, 1.807) is 74.8 Å². The number of nitrogens with zero attached hydrogens (tertiary/aromatic N) is 1. The molecule has 0 radical (unpaired) electrons. The van der Waals surface area contributed by atoms with Crippen LogP contribution >= 0.6 is 0 Å². The van der Waals surface area contributed by atoms with Gasteiger partial charge in [0.25, 0.3) is 5.91 Å². The Morgan fingerprint density at radius 1 is 1.03 bits per heavy atom. The molecule has 0 spiro atoms. The Morgan fingerprint density at radius 2 is 1.73 bits per heavy atom. The average molecular weight is 420 g/mol. The van der Waals surface area contributed by atoms with Gasteiger partial charge in [0.2, 0.25) is 9.84 Å². The molecular weight excluding hydrogens is 400 g/mol. The Labute approximate surface area is 174 Å². The van der Waals surface area contributed by atoms with Crippen LogP contribution in [0.2, 0.25) is 0 Å². The van der Waals surface area contributed by atoms with Gasteiger partial charge in [0.1, 0.15) is 0 Å². The van der Waals surface area contributed by atoms with Crippen LogP contribution in [0.1, 0.15) is 27.2 Å². The molecule has 0 aliphatic heterocycles. The number of fused-ring (bicyclic) bond motifs is 1. The molecule has 0 atom stereocenters. The summed E-state index contributed by atoms with van der Waals surface area (Å²) >= 11 is 0. The summed E-state index contributed by atoms with van der Waals surface area (Å²) in [4.78, 5) is 16.9. The molecule has 6 nitrogen and oxygen atoms in total. The third-order valence-corrected chi connectivity index (χ3v) is 6.99. The van der Waals surface area contributed by atoms with Crippen LogP contribution < -0.4 is 5.32 Å². The summed E-state index contributed by atoms with van der Waals surface area (Å²) in [5.74, 6) is -0.148. The van der Waals surface area contributed by atoms with Gasteiger partial charge in [-0.2, -0.15) is 0 Å². The highest BCUT2D eigenvalue weighted by atomic mass is 32.2. The molecule has 2 heterocycles. The predicted molar refractivity (Wildman–Crippen MR) is 113 cm³/mol. The molecule has 2 aromatic heterocycles. The molecule has 0 saturated carbocycles. The van der Waals surface area contributed by atoms with Gasteiger partial charge in [-0.1, -0.05) is 30.3 Å². The van der Waals surface area contributed by atoms with Gasteiger partial charge < -0.3 is 9.73 Å². The zero-order valence-corrected chi connectivity index (χ0v) is 17.4. The number of aryl methyl sites for hydroxylation is 2. The van der Waals surface area contributed by atoms with Crippen molar-refractivity contribution in [2.24, 2.45) is 0 Å². The summed E-state index contributed by atoms with van der Waals surface area (Å²) in [7, 11) is -3.61. The average Bonchev–Trinajstić information content (AvgIpc) is 3.16. The maximum Gasteiger partial charge on any atom is 0.287 e. The van der Waals surface area contributed by atoms with Crippen molar-refractivity contribution in [2.45, 2.75) is 30.2 Å². The third-order valence-electron chi connectivity index (χ3n) is 4.91. The highest BCUT2D eigenvalue weighted by molar-refractivity contribution is 7.91. The van der Waals surface area contributed by atoms with E-state index in [1.807, 2.05) is 6.07 Å². The van der Waals surface area contributed by atoms with Gasteiger partial charge in [0, 0.05) is 18.1 Å². The van der Waals surface area contributed by atoms with Gasteiger partial charge in [0.05, 0.1) is 16.0 Å². The lowest BCUT2D eigenvalue weighted by molar-refractivity contribution is 0.0925. The van der Waals surface area contributed by atoms with Crippen molar-refractivity contribution in [3.05, 3.63) is 89.4 Å². The van der Waals surface area contributed by atoms with Crippen molar-refractivity contribution >= 4 is 26.7 Å². The Bertz CT molecular complexity index is 1290. The number of carbonyl (C=O) groups is 1. The Balaban J connectivity index is 1.49. The monoisotopic (exact) mass is 420 g/mol. The molecule has 4 aromatic rings. The highest BCUT2D eigenvalue weighted by Crippen LogP contribution is 2.27. The second-order valence-corrected chi connectivity index (χ2v) is 8.96. The Morgan fingerprint density at radius 3 is 2.40 bits per heavy atom. The second kappa shape index (κ2) is 7.76. The van der Waals surface area contributed by atoms with Gasteiger partial charge in [-0.25, -0.2) is 8.42 Å². The van der Waals surface area contributed by atoms with Crippen LogP contribution in [-0.4, -0.2) is 19.3 Å². The fourth-order valence-corrected chi connectivity index (χ4v) is 5.11. The number of hydrogen-bond acceptors (Lipinski definition) is 5. The van der Waals surface area contributed by atoms with Crippen molar-refractivity contribution in [3.8, 4) is 0 Å². The minimum atomic E-state index is -3.61. The van der Waals surface area contributed by atoms with Crippen molar-refractivity contribution in [3.63, 3.8) is 0 Å². The van der Waals surface area contributed by atoms with E-state index in [9.17, 15) is 13.2 Å². The molecule has 1 amide bonds. The maximum atomic E-state index is 13.0. The van der Waals surface area contributed by atoms with Crippen LogP contribution in [-0.2, 0) is 16.4 Å². The van der Waals surface area contributed by atoms with Crippen LogP contribution in [0, 0.1) is 13.8 Å². The predicted octanol–water partition coefficient (Wildman–Crippen LogP) is 4.21.